The summed E-state index contributed by atoms with van der Waals surface area (Å²) >= 11 is 1.62. The summed E-state index contributed by atoms with van der Waals surface area (Å²) in [5.74, 6) is 1.07. The van der Waals surface area contributed by atoms with Crippen molar-refractivity contribution in [3.05, 3.63) is 65.1 Å². The molecular weight excluding hydrogens is 338 g/mol. The minimum atomic E-state index is -0.657. The third-order valence-electron chi connectivity index (χ3n) is 4.04. The highest BCUT2D eigenvalue weighted by Crippen LogP contribution is 2.30. The number of carbonyl (C=O) groups excluding carboxylic acids is 1. The zero-order valence-corrected chi connectivity index (χ0v) is 14.2. The van der Waals surface area contributed by atoms with Crippen LogP contribution in [-0.2, 0) is 4.79 Å². The highest BCUT2D eigenvalue weighted by atomic mass is 32.1. The summed E-state index contributed by atoms with van der Waals surface area (Å²) in [7, 11) is 0. The molecule has 0 bridgehead atoms. The Morgan fingerprint density at radius 2 is 2.20 bits per heavy atom. The van der Waals surface area contributed by atoms with Crippen LogP contribution in [-0.4, -0.2) is 34.9 Å². The molecule has 7 heteroatoms. The number of carbonyl (C=O) groups is 1. The van der Waals surface area contributed by atoms with Crippen molar-refractivity contribution in [2.75, 3.05) is 13.2 Å². The van der Waals surface area contributed by atoms with Crippen molar-refractivity contribution in [2.24, 2.45) is 0 Å². The molecule has 0 fully saturated rings. The fourth-order valence-corrected chi connectivity index (χ4v) is 3.46. The van der Waals surface area contributed by atoms with Crippen LogP contribution in [0.1, 0.15) is 11.6 Å². The third-order valence-corrected chi connectivity index (χ3v) is 4.74. The zero-order valence-electron chi connectivity index (χ0n) is 13.4. The van der Waals surface area contributed by atoms with Crippen LogP contribution in [0.3, 0.4) is 0 Å². The summed E-state index contributed by atoms with van der Waals surface area (Å²) < 4.78 is 13.2. The van der Waals surface area contributed by atoms with Crippen LogP contribution in [0.15, 0.2) is 59.6 Å². The van der Waals surface area contributed by atoms with E-state index in [1.54, 1.807) is 23.6 Å². The van der Waals surface area contributed by atoms with E-state index in [9.17, 15) is 4.79 Å². The first-order chi connectivity index (χ1) is 12.3. The number of ether oxygens (including phenoxy) is 2. The molecule has 2 atom stereocenters. The van der Waals surface area contributed by atoms with E-state index in [-0.39, 0.29) is 18.6 Å². The monoisotopic (exact) mass is 355 g/mol. The summed E-state index contributed by atoms with van der Waals surface area (Å²) in [4.78, 5) is 12.5. The number of nitrogens with zero attached hydrogens (tertiary/aromatic N) is 2. The number of thiophene rings is 1. The second-order valence-corrected chi connectivity index (χ2v) is 6.45. The molecule has 1 N–H and O–H groups in total. The molecule has 1 aliphatic heterocycles. The standard InChI is InChI=1S/C18H17N3O3S/c22-18(17-11-23-15-4-1-2-5-16(15)24-17)19-10-14(13-6-9-25-12-13)21-8-3-7-20-21/h1-9,12,14,17H,10-11H2,(H,19,22). The Bertz CT molecular complexity index is 799. The van der Waals surface area contributed by atoms with Gasteiger partial charge in [0, 0.05) is 18.9 Å². The molecule has 0 spiro atoms. The molecule has 0 radical (unpaired) electrons. The molecule has 4 rings (SSSR count). The highest BCUT2D eigenvalue weighted by Gasteiger charge is 2.28. The van der Waals surface area contributed by atoms with E-state index in [1.807, 2.05) is 46.6 Å². The fourth-order valence-electron chi connectivity index (χ4n) is 2.75. The molecular formula is C18H17N3O3S. The number of aromatic nitrogens is 2. The second kappa shape index (κ2) is 6.98. The molecule has 2 unspecified atom stereocenters. The summed E-state index contributed by atoms with van der Waals surface area (Å²) in [6, 6.07) is 11.2. The Kier molecular flexibility index (Phi) is 4.39. The topological polar surface area (TPSA) is 65.4 Å². The van der Waals surface area contributed by atoms with Crippen molar-refractivity contribution in [1.29, 1.82) is 0 Å². The number of benzene rings is 1. The average molecular weight is 355 g/mol. The van der Waals surface area contributed by atoms with Gasteiger partial charge in [-0.05, 0) is 40.6 Å². The first-order valence-electron chi connectivity index (χ1n) is 7.98. The van der Waals surface area contributed by atoms with Crippen LogP contribution >= 0.6 is 11.3 Å². The van der Waals surface area contributed by atoms with Gasteiger partial charge in [0.2, 0.25) is 6.10 Å². The number of hydrogen-bond acceptors (Lipinski definition) is 5. The van der Waals surface area contributed by atoms with E-state index in [0.717, 1.165) is 5.56 Å². The highest BCUT2D eigenvalue weighted by molar-refractivity contribution is 7.07. The van der Waals surface area contributed by atoms with Gasteiger partial charge in [-0.3, -0.25) is 9.48 Å². The largest absolute Gasteiger partial charge is 0.485 e. The predicted molar refractivity (Wildman–Crippen MR) is 94.0 cm³/mol. The number of para-hydroxylation sites is 2. The van der Waals surface area contributed by atoms with Gasteiger partial charge in [0.1, 0.15) is 6.61 Å². The van der Waals surface area contributed by atoms with E-state index in [2.05, 4.69) is 15.8 Å². The molecule has 1 aromatic carbocycles. The van der Waals surface area contributed by atoms with Gasteiger partial charge in [-0.2, -0.15) is 16.4 Å². The van der Waals surface area contributed by atoms with E-state index in [1.165, 1.54) is 0 Å². The summed E-state index contributed by atoms with van der Waals surface area (Å²) in [6.45, 7) is 0.631. The molecule has 0 aliphatic carbocycles. The van der Waals surface area contributed by atoms with Gasteiger partial charge in [-0.15, -0.1) is 0 Å². The minimum Gasteiger partial charge on any atom is -0.485 e. The van der Waals surface area contributed by atoms with Crippen molar-refractivity contribution >= 4 is 17.2 Å². The lowest BCUT2D eigenvalue weighted by atomic mass is 10.1. The summed E-state index contributed by atoms with van der Waals surface area (Å²) in [5, 5.41) is 11.3. The van der Waals surface area contributed by atoms with Crippen LogP contribution in [0.25, 0.3) is 0 Å². The maximum absolute atomic E-state index is 12.5. The lowest BCUT2D eigenvalue weighted by molar-refractivity contribution is -0.130. The van der Waals surface area contributed by atoms with Crippen molar-refractivity contribution in [3.63, 3.8) is 0 Å². The number of amides is 1. The van der Waals surface area contributed by atoms with E-state index >= 15 is 0 Å². The molecule has 0 saturated heterocycles. The molecule has 3 heterocycles. The van der Waals surface area contributed by atoms with Gasteiger partial charge < -0.3 is 14.8 Å². The van der Waals surface area contributed by atoms with E-state index in [0.29, 0.717) is 18.0 Å². The Morgan fingerprint density at radius 3 is 2.96 bits per heavy atom. The van der Waals surface area contributed by atoms with Crippen LogP contribution in [0, 0.1) is 0 Å². The summed E-state index contributed by atoms with van der Waals surface area (Å²) in [6.07, 6.45) is 2.97. The van der Waals surface area contributed by atoms with Gasteiger partial charge in [-0.25, -0.2) is 0 Å². The van der Waals surface area contributed by atoms with Crippen molar-refractivity contribution in [2.45, 2.75) is 12.1 Å². The molecule has 1 aliphatic rings. The number of nitrogens with one attached hydrogen (secondary N) is 1. The Labute approximate surface area is 149 Å². The first-order valence-corrected chi connectivity index (χ1v) is 8.93. The fraction of sp³-hybridized carbons (Fsp3) is 0.222. The Balaban J connectivity index is 1.42. The van der Waals surface area contributed by atoms with E-state index in [4.69, 9.17) is 9.47 Å². The Hall–Kier alpha value is -2.80. The maximum Gasteiger partial charge on any atom is 0.264 e. The molecule has 3 aromatic rings. The van der Waals surface area contributed by atoms with Crippen LogP contribution < -0.4 is 14.8 Å². The lowest BCUT2D eigenvalue weighted by Crippen LogP contribution is -2.45. The SMILES string of the molecule is O=C(NCC(c1ccsc1)n1cccn1)C1COc2ccccc2O1. The maximum atomic E-state index is 12.5. The average Bonchev–Trinajstić information content (AvgIpc) is 3.36. The molecule has 0 saturated carbocycles. The predicted octanol–water partition coefficient (Wildman–Crippen LogP) is 2.49. The van der Waals surface area contributed by atoms with Gasteiger partial charge in [0.25, 0.3) is 5.91 Å². The third kappa shape index (κ3) is 3.36. The lowest BCUT2D eigenvalue weighted by Gasteiger charge is -2.26. The minimum absolute atomic E-state index is 0.0537. The first kappa shape index (κ1) is 15.7. The number of fused-ring (bicyclic) bond motifs is 1. The van der Waals surface area contributed by atoms with Crippen molar-refractivity contribution in [1.82, 2.24) is 15.1 Å². The smallest absolute Gasteiger partial charge is 0.264 e. The van der Waals surface area contributed by atoms with E-state index < -0.39 is 6.10 Å². The molecule has 128 valence electrons. The quantitative estimate of drug-likeness (QED) is 0.764. The molecule has 2 aromatic heterocycles. The number of hydrogen-bond donors (Lipinski definition) is 1. The van der Waals surface area contributed by atoms with Crippen LogP contribution in [0.4, 0.5) is 0 Å². The second-order valence-electron chi connectivity index (χ2n) is 5.67. The zero-order chi connectivity index (χ0) is 17.1. The summed E-state index contributed by atoms with van der Waals surface area (Å²) in [5.41, 5.74) is 1.11. The van der Waals surface area contributed by atoms with Gasteiger partial charge in [0.15, 0.2) is 11.5 Å². The molecule has 1 amide bonds. The Morgan fingerprint density at radius 1 is 1.32 bits per heavy atom. The van der Waals surface area contributed by atoms with Crippen molar-refractivity contribution in [3.8, 4) is 11.5 Å². The van der Waals surface area contributed by atoms with Crippen molar-refractivity contribution < 1.29 is 14.3 Å². The normalized spacial score (nSPS) is 17.0. The van der Waals surface area contributed by atoms with Gasteiger partial charge in [0.05, 0.1) is 6.04 Å². The van der Waals surface area contributed by atoms with Gasteiger partial charge >= 0.3 is 0 Å². The molecule has 6 nitrogen and oxygen atoms in total. The van der Waals surface area contributed by atoms with Crippen LogP contribution in [0.5, 0.6) is 11.5 Å². The van der Waals surface area contributed by atoms with Gasteiger partial charge in [-0.1, -0.05) is 12.1 Å². The van der Waals surface area contributed by atoms with Crippen LogP contribution in [0.2, 0.25) is 0 Å². The number of rotatable bonds is 5. The molecule has 25 heavy (non-hydrogen) atoms.